The molecule has 0 aliphatic carbocycles. The summed E-state index contributed by atoms with van der Waals surface area (Å²) >= 11 is 0. The molecule has 2 rings (SSSR count). The zero-order valence-electron chi connectivity index (χ0n) is 12.0. The van der Waals surface area contributed by atoms with Gasteiger partial charge in [0.15, 0.2) is 0 Å². The lowest BCUT2D eigenvalue weighted by molar-refractivity contribution is 0.249. The number of benzene rings is 1. The van der Waals surface area contributed by atoms with Gasteiger partial charge in [-0.25, -0.2) is 0 Å². The summed E-state index contributed by atoms with van der Waals surface area (Å²) in [5.74, 6) is 0. The van der Waals surface area contributed by atoms with Crippen molar-refractivity contribution < 1.29 is 0 Å². The molecule has 19 heavy (non-hydrogen) atoms. The standard InChI is InChI=1S/C17H26N2/c1-2-3-5-17-6-4-13-19(17)14-16-9-7-15(8-10-16)11-12-18/h4,6-10,17H,2-3,5,11-14,18H2,1H3/t17-/m0/s1. The molecule has 0 bridgehead atoms. The van der Waals surface area contributed by atoms with E-state index < -0.39 is 0 Å². The number of hydrogen-bond donors (Lipinski definition) is 1. The minimum Gasteiger partial charge on any atom is -0.330 e. The molecule has 0 aromatic heterocycles. The zero-order chi connectivity index (χ0) is 13.5. The summed E-state index contributed by atoms with van der Waals surface area (Å²) in [5.41, 5.74) is 8.33. The van der Waals surface area contributed by atoms with Gasteiger partial charge in [0.25, 0.3) is 0 Å². The Bertz CT molecular complexity index is 394. The highest BCUT2D eigenvalue weighted by molar-refractivity contribution is 5.23. The van der Waals surface area contributed by atoms with Crippen molar-refractivity contribution in [2.45, 2.75) is 45.2 Å². The highest BCUT2D eigenvalue weighted by Gasteiger charge is 2.18. The fraction of sp³-hybridized carbons (Fsp3) is 0.529. The van der Waals surface area contributed by atoms with Crippen molar-refractivity contribution in [3.8, 4) is 0 Å². The third-order valence-electron chi connectivity index (χ3n) is 3.86. The third-order valence-corrected chi connectivity index (χ3v) is 3.86. The summed E-state index contributed by atoms with van der Waals surface area (Å²) in [6, 6.07) is 9.57. The van der Waals surface area contributed by atoms with Gasteiger partial charge in [-0.3, -0.25) is 4.90 Å². The van der Waals surface area contributed by atoms with Crippen LogP contribution < -0.4 is 5.73 Å². The van der Waals surface area contributed by atoms with Crippen LogP contribution in [0.4, 0.5) is 0 Å². The number of nitrogens with two attached hydrogens (primary N) is 1. The second kappa shape index (κ2) is 7.46. The van der Waals surface area contributed by atoms with Gasteiger partial charge < -0.3 is 5.73 Å². The fourth-order valence-electron chi connectivity index (χ4n) is 2.70. The van der Waals surface area contributed by atoms with Crippen LogP contribution >= 0.6 is 0 Å². The van der Waals surface area contributed by atoms with Crippen LogP contribution in [0.5, 0.6) is 0 Å². The molecule has 1 aliphatic heterocycles. The number of unbranched alkanes of at least 4 members (excludes halogenated alkanes) is 1. The Hall–Kier alpha value is -1.12. The number of nitrogens with zero attached hydrogens (tertiary/aromatic N) is 1. The molecule has 0 unspecified atom stereocenters. The topological polar surface area (TPSA) is 29.3 Å². The molecule has 0 spiro atoms. The normalized spacial score (nSPS) is 19.2. The molecular formula is C17H26N2. The highest BCUT2D eigenvalue weighted by atomic mass is 15.2. The van der Waals surface area contributed by atoms with E-state index in [1.807, 2.05) is 0 Å². The first-order valence-electron chi connectivity index (χ1n) is 7.52. The Labute approximate surface area is 117 Å². The predicted molar refractivity (Wildman–Crippen MR) is 82.1 cm³/mol. The van der Waals surface area contributed by atoms with Gasteiger partial charge in [0.2, 0.25) is 0 Å². The van der Waals surface area contributed by atoms with E-state index in [9.17, 15) is 0 Å². The molecule has 2 nitrogen and oxygen atoms in total. The van der Waals surface area contributed by atoms with Crippen molar-refractivity contribution in [3.63, 3.8) is 0 Å². The molecule has 0 saturated carbocycles. The quantitative estimate of drug-likeness (QED) is 0.761. The van der Waals surface area contributed by atoms with Crippen molar-refractivity contribution >= 4 is 0 Å². The van der Waals surface area contributed by atoms with E-state index in [0.29, 0.717) is 6.04 Å². The van der Waals surface area contributed by atoms with E-state index in [0.717, 1.165) is 26.1 Å². The molecular weight excluding hydrogens is 232 g/mol. The SMILES string of the molecule is CCCC[C@H]1C=CCN1Cc1ccc(CCN)cc1. The summed E-state index contributed by atoms with van der Waals surface area (Å²) < 4.78 is 0. The summed E-state index contributed by atoms with van der Waals surface area (Å²) in [5, 5.41) is 0. The predicted octanol–water partition coefficient (Wildman–Crippen LogP) is 3.12. The van der Waals surface area contributed by atoms with Crippen LogP contribution in [0.25, 0.3) is 0 Å². The average Bonchev–Trinajstić information content (AvgIpc) is 2.86. The summed E-state index contributed by atoms with van der Waals surface area (Å²) in [6.07, 6.45) is 9.55. The van der Waals surface area contributed by atoms with E-state index in [2.05, 4.69) is 48.2 Å². The number of hydrogen-bond acceptors (Lipinski definition) is 2. The smallest absolute Gasteiger partial charge is 0.0285 e. The Morgan fingerprint density at radius 1 is 1.21 bits per heavy atom. The molecule has 1 aromatic rings. The van der Waals surface area contributed by atoms with Gasteiger partial charge in [-0.1, -0.05) is 56.2 Å². The summed E-state index contributed by atoms with van der Waals surface area (Å²) in [7, 11) is 0. The Morgan fingerprint density at radius 2 is 1.95 bits per heavy atom. The first kappa shape index (κ1) is 14.3. The summed E-state index contributed by atoms with van der Waals surface area (Å²) in [6.45, 7) is 5.15. The molecule has 1 atom stereocenters. The van der Waals surface area contributed by atoms with E-state index in [-0.39, 0.29) is 0 Å². The Balaban J connectivity index is 1.89. The van der Waals surface area contributed by atoms with Crippen LogP contribution in [0.15, 0.2) is 36.4 Å². The van der Waals surface area contributed by atoms with Crippen LogP contribution in [0.1, 0.15) is 37.3 Å². The van der Waals surface area contributed by atoms with Crippen LogP contribution in [0.3, 0.4) is 0 Å². The van der Waals surface area contributed by atoms with Crippen LogP contribution in [-0.4, -0.2) is 24.0 Å². The molecule has 0 saturated heterocycles. The minimum atomic E-state index is 0.642. The molecule has 0 fully saturated rings. The molecule has 104 valence electrons. The van der Waals surface area contributed by atoms with Crippen molar-refractivity contribution in [1.29, 1.82) is 0 Å². The van der Waals surface area contributed by atoms with Gasteiger partial charge in [-0.15, -0.1) is 0 Å². The lowest BCUT2D eigenvalue weighted by Gasteiger charge is -2.24. The molecule has 1 aromatic carbocycles. The molecule has 0 radical (unpaired) electrons. The zero-order valence-corrected chi connectivity index (χ0v) is 12.0. The molecule has 0 amide bonds. The van der Waals surface area contributed by atoms with Crippen LogP contribution in [0, 0.1) is 0 Å². The van der Waals surface area contributed by atoms with Crippen molar-refractivity contribution in [2.75, 3.05) is 13.1 Å². The van der Waals surface area contributed by atoms with Crippen molar-refractivity contribution in [1.82, 2.24) is 4.90 Å². The monoisotopic (exact) mass is 258 g/mol. The first-order chi connectivity index (χ1) is 9.33. The molecule has 1 heterocycles. The average molecular weight is 258 g/mol. The van der Waals surface area contributed by atoms with Crippen LogP contribution in [-0.2, 0) is 13.0 Å². The van der Waals surface area contributed by atoms with Gasteiger partial charge in [0, 0.05) is 19.1 Å². The van der Waals surface area contributed by atoms with Crippen molar-refractivity contribution in [2.24, 2.45) is 5.73 Å². The maximum atomic E-state index is 5.58. The van der Waals surface area contributed by atoms with Gasteiger partial charge in [0.05, 0.1) is 0 Å². The number of rotatable bonds is 7. The van der Waals surface area contributed by atoms with E-state index >= 15 is 0 Å². The van der Waals surface area contributed by atoms with E-state index in [1.165, 1.54) is 30.4 Å². The second-order valence-electron chi connectivity index (χ2n) is 5.42. The van der Waals surface area contributed by atoms with Gasteiger partial charge in [-0.05, 0) is 30.5 Å². The fourth-order valence-corrected chi connectivity index (χ4v) is 2.70. The second-order valence-corrected chi connectivity index (χ2v) is 5.42. The molecule has 1 aliphatic rings. The lowest BCUT2D eigenvalue weighted by atomic mass is 10.1. The molecule has 2 heteroatoms. The van der Waals surface area contributed by atoms with Crippen molar-refractivity contribution in [3.05, 3.63) is 47.5 Å². The van der Waals surface area contributed by atoms with Gasteiger partial charge in [0.1, 0.15) is 0 Å². The molecule has 2 N–H and O–H groups in total. The first-order valence-corrected chi connectivity index (χ1v) is 7.52. The maximum Gasteiger partial charge on any atom is 0.0285 e. The Kier molecular flexibility index (Phi) is 5.62. The Morgan fingerprint density at radius 3 is 2.63 bits per heavy atom. The van der Waals surface area contributed by atoms with Crippen LogP contribution in [0.2, 0.25) is 0 Å². The van der Waals surface area contributed by atoms with E-state index in [1.54, 1.807) is 0 Å². The van der Waals surface area contributed by atoms with Gasteiger partial charge in [-0.2, -0.15) is 0 Å². The highest BCUT2D eigenvalue weighted by Crippen LogP contribution is 2.19. The largest absolute Gasteiger partial charge is 0.330 e. The van der Waals surface area contributed by atoms with Gasteiger partial charge >= 0.3 is 0 Å². The minimum absolute atomic E-state index is 0.642. The summed E-state index contributed by atoms with van der Waals surface area (Å²) in [4.78, 5) is 2.56. The van der Waals surface area contributed by atoms with E-state index in [4.69, 9.17) is 5.73 Å². The maximum absolute atomic E-state index is 5.58. The third kappa shape index (κ3) is 4.19. The lowest BCUT2D eigenvalue weighted by Crippen LogP contribution is -2.29.